The first-order chi connectivity index (χ1) is 13.7. The number of benzene rings is 1. The molecule has 8 heteroatoms. The van der Waals surface area contributed by atoms with E-state index in [1.165, 1.54) is 6.20 Å². The zero-order valence-corrected chi connectivity index (χ0v) is 17.8. The first-order valence-corrected chi connectivity index (χ1v) is 11.4. The van der Waals surface area contributed by atoms with Crippen LogP contribution in [0.1, 0.15) is 45.2 Å². The number of rotatable bonds is 4. The van der Waals surface area contributed by atoms with Crippen molar-refractivity contribution >= 4 is 15.8 Å². The van der Waals surface area contributed by atoms with Gasteiger partial charge in [-0.05, 0) is 63.4 Å². The van der Waals surface area contributed by atoms with Gasteiger partial charge >= 0.3 is 0 Å². The lowest BCUT2D eigenvalue weighted by molar-refractivity contribution is 0.171. The zero-order valence-electron chi connectivity index (χ0n) is 17.0. The molecule has 0 spiro atoms. The van der Waals surface area contributed by atoms with Gasteiger partial charge in [0.05, 0.1) is 6.04 Å². The number of ether oxygens (including phenoxy) is 2. The molecule has 3 heterocycles. The van der Waals surface area contributed by atoms with Gasteiger partial charge < -0.3 is 14.4 Å². The largest absolute Gasteiger partial charge is 0.486 e. The molecule has 0 saturated carbocycles. The van der Waals surface area contributed by atoms with Crippen molar-refractivity contribution in [1.29, 1.82) is 0 Å². The van der Waals surface area contributed by atoms with Crippen LogP contribution < -0.4 is 19.1 Å². The summed E-state index contributed by atoms with van der Waals surface area (Å²) in [6.07, 6.45) is 3.49. The van der Waals surface area contributed by atoms with Crippen LogP contribution in [-0.4, -0.2) is 38.7 Å². The molecular formula is C21H27N3O4S. The van der Waals surface area contributed by atoms with Crippen LogP contribution in [0.3, 0.4) is 0 Å². The average Bonchev–Trinajstić information content (AvgIpc) is 3.16. The van der Waals surface area contributed by atoms with Crippen molar-refractivity contribution in [3.05, 3.63) is 42.1 Å². The number of pyridine rings is 1. The van der Waals surface area contributed by atoms with Gasteiger partial charge in [0.1, 0.15) is 23.9 Å². The Balaban J connectivity index is 1.56. The lowest BCUT2D eigenvalue weighted by Gasteiger charge is -2.27. The van der Waals surface area contributed by atoms with Crippen LogP contribution in [0, 0.1) is 0 Å². The summed E-state index contributed by atoms with van der Waals surface area (Å²) < 4.78 is 39.0. The van der Waals surface area contributed by atoms with Gasteiger partial charge in [-0.1, -0.05) is 6.07 Å². The summed E-state index contributed by atoms with van der Waals surface area (Å²) in [4.78, 5) is 6.86. The summed E-state index contributed by atoms with van der Waals surface area (Å²) in [6.45, 7) is 7.45. The second kappa shape index (κ2) is 7.50. The predicted octanol–water partition coefficient (Wildman–Crippen LogP) is 3.27. The zero-order chi connectivity index (χ0) is 20.6. The van der Waals surface area contributed by atoms with Gasteiger partial charge in [0.2, 0.25) is 10.0 Å². The number of sulfonamides is 1. The normalized spacial score (nSPS) is 19.4. The lowest BCUT2D eigenvalue weighted by Crippen LogP contribution is -2.40. The highest BCUT2D eigenvalue weighted by Crippen LogP contribution is 2.39. The van der Waals surface area contributed by atoms with Gasteiger partial charge in [-0.15, -0.1) is 0 Å². The molecule has 7 nitrogen and oxygen atoms in total. The molecule has 2 aliphatic rings. The maximum absolute atomic E-state index is 12.5. The molecule has 2 aliphatic heterocycles. The van der Waals surface area contributed by atoms with Gasteiger partial charge in [0, 0.05) is 18.3 Å². The summed E-state index contributed by atoms with van der Waals surface area (Å²) >= 11 is 0. The fourth-order valence-electron chi connectivity index (χ4n) is 3.82. The van der Waals surface area contributed by atoms with Gasteiger partial charge in [-0.2, -0.15) is 0 Å². The van der Waals surface area contributed by atoms with Crippen molar-refractivity contribution in [2.75, 3.05) is 24.7 Å². The topological polar surface area (TPSA) is 80.8 Å². The molecule has 2 aromatic rings. The van der Waals surface area contributed by atoms with E-state index in [0.29, 0.717) is 13.2 Å². The van der Waals surface area contributed by atoms with E-state index in [1.54, 1.807) is 12.1 Å². The molecule has 1 atom stereocenters. The summed E-state index contributed by atoms with van der Waals surface area (Å²) in [6, 6.07) is 9.66. The third kappa shape index (κ3) is 4.33. The number of nitrogens with one attached hydrogen (secondary N) is 1. The van der Waals surface area contributed by atoms with Crippen molar-refractivity contribution in [2.45, 2.75) is 50.1 Å². The molecule has 1 aromatic heterocycles. The summed E-state index contributed by atoms with van der Waals surface area (Å²) in [5, 5.41) is 0. The quantitative estimate of drug-likeness (QED) is 0.822. The Morgan fingerprint density at radius 1 is 1.10 bits per heavy atom. The Bertz CT molecular complexity index is 984. The fourth-order valence-corrected chi connectivity index (χ4v) is 5.18. The average molecular weight is 418 g/mol. The van der Waals surface area contributed by atoms with Crippen LogP contribution in [0.2, 0.25) is 0 Å². The third-order valence-electron chi connectivity index (χ3n) is 4.97. The Kier molecular flexibility index (Phi) is 5.16. The summed E-state index contributed by atoms with van der Waals surface area (Å²) in [7, 11) is -3.60. The van der Waals surface area contributed by atoms with Crippen LogP contribution in [-0.2, 0) is 10.0 Å². The van der Waals surface area contributed by atoms with Crippen molar-refractivity contribution in [2.24, 2.45) is 0 Å². The Labute approximate surface area is 172 Å². The monoisotopic (exact) mass is 417 g/mol. The van der Waals surface area contributed by atoms with Gasteiger partial charge in [0.15, 0.2) is 11.5 Å². The van der Waals surface area contributed by atoms with Gasteiger partial charge in [-0.25, -0.2) is 18.1 Å². The van der Waals surface area contributed by atoms with E-state index in [-0.39, 0.29) is 10.9 Å². The van der Waals surface area contributed by atoms with E-state index in [9.17, 15) is 8.42 Å². The molecule has 156 valence electrons. The summed E-state index contributed by atoms with van der Waals surface area (Å²) in [5.41, 5.74) is 0.607. The van der Waals surface area contributed by atoms with E-state index in [0.717, 1.165) is 42.3 Å². The molecule has 0 aliphatic carbocycles. The number of aromatic nitrogens is 1. The molecule has 0 radical (unpaired) electrons. The molecule has 0 amide bonds. The smallest absolute Gasteiger partial charge is 0.242 e. The molecule has 4 rings (SSSR count). The maximum Gasteiger partial charge on any atom is 0.242 e. The molecule has 1 N–H and O–H groups in total. The lowest BCUT2D eigenvalue weighted by atomic mass is 10.0. The number of nitrogens with zero attached hydrogens (tertiary/aromatic N) is 2. The standard InChI is InChI=1S/C21H27N3O4S/c1-21(2,3)23-29(25,26)16-7-9-20(22-14-16)24-10-4-5-17(24)15-6-8-18-19(13-15)28-12-11-27-18/h6-9,13-14,17,23H,4-5,10-12H2,1-3H3/t17-/m1/s1. The van der Waals surface area contributed by atoms with Crippen molar-refractivity contribution in [1.82, 2.24) is 9.71 Å². The third-order valence-corrected chi connectivity index (χ3v) is 6.71. The molecule has 1 saturated heterocycles. The maximum atomic E-state index is 12.5. The van der Waals surface area contributed by atoms with E-state index in [2.05, 4.69) is 20.7 Å². The minimum Gasteiger partial charge on any atom is -0.486 e. The highest BCUT2D eigenvalue weighted by Gasteiger charge is 2.29. The minimum atomic E-state index is -3.60. The Hall–Kier alpha value is -2.32. The minimum absolute atomic E-state index is 0.172. The highest BCUT2D eigenvalue weighted by atomic mass is 32.2. The Morgan fingerprint density at radius 3 is 2.55 bits per heavy atom. The Morgan fingerprint density at radius 2 is 1.86 bits per heavy atom. The van der Waals surface area contributed by atoms with Crippen LogP contribution in [0.5, 0.6) is 11.5 Å². The van der Waals surface area contributed by atoms with E-state index >= 15 is 0 Å². The van der Waals surface area contributed by atoms with Crippen molar-refractivity contribution < 1.29 is 17.9 Å². The molecule has 29 heavy (non-hydrogen) atoms. The number of hydrogen-bond acceptors (Lipinski definition) is 6. The van der Waals surface area contributed by atoms with E-state index in [4.69, 9.17) is 9.47 Å². The van der Waals surface area contributed by atoms with E-state index < -0.39 is 15.6 Å². The van der Waals surface area contributed by atoms with Crippen molar-refractivity contribution in [3.8, 4) is 11.5 Å². The SMILES string of the molecule is CC(C)(C)NS(=O)(=O)c1ccc(N2CCC[C@@H]2c2ccc3c(c2)OCCO3)nc1. The first-order valence-electron chi connectivity index (χ1n) is 9.89. The van der Waals surface area contributed by atoms with E-state index in [1.807, 2.05) is 32.9 Å². The molecular weight excluding hydrogens is 390 g/mol. The van der Waals surface area contributed by atoms with Crippen LogP contribution in [0.4, 0.5) is 5.82 Å². The predicted molar refractivity (Wildman–Crippen MR) is 111 cm³/mol. The van der Waals surface area contributed by atoms with Crippen molar-refractivity contribution in [3.63, 3.8) is 0 Å². The second-order valence-electron chi connectivity index (χ2n) is 8.46. The van der Waals surface area contributed by atoms with Crippen LogP contribution >= 0.6 is 0 Å². The second-order valence-corrected chi connectivity index (χ2v) is 10.1. The fraction of sp³-hybridized carbons (Fsp3) is 0.476. The number of anilines is 1. The number of fused-ring (bicyclic) bond motifs is 1. The van der Waals surface area contributed by atoms with Crippen LogP contribution in [0.15, 0.2) is 41.4 Å². The van der Waals surface area contributed by atoms with Gasteiger partial charge in [0.25, 0.3) is 0 Å². The first kappa shape index (κ1) is 20.0. The molecule has 0 unspecified atom stereocenters. The van der Waals surface area contributed by atoms with Gasteiger partial charge in [-0.3, -0.25) is 0 Å². The number of hydrogen-bond donors (Lipinski definition) is 1. The molecule has 1 aromatic carbocycles. The van der Waals surface area contributed by atoms with Crippen LogP contribution in [0.25, 0.3) is 0 Å². The molecule has 1 fully saturated rings. The molecule has 0 bridgehead atoms. The summed E-state index contributed by atoms with van der Waals surface area (Å²) in [5.74, 6) is 2.34. The highest BCUT2D eigenvalue weighted by molar-refractivity contribution is 7.89.